The molecule has 0 spiro atoms. The molecule has 140 valence electrons. The third kappa shape index (κ3) is 5.41. The van der Waals surface area contributed by atoms with Gasteiger partial charge in [0.05, 0.1) is 31.3 Å². The predicted octanol–water partition coefficient (Wildman–Crippen LogP) is 3.81. The number of carbonyl (C=O) groups is 1. The Balaban J connectivity index is 1.46. The molecule has 1 fully saturated rings. The number of benzene rings is 1. The van der Waals surface area contributed by atoms with Gasteiger partial charge in [0.2, 0.25) is 0 Å². The van der Waals surface area contributed by atoms with Gasteiger partial charge in [0, 0.05) is 23.7 Å². The zero-order valence-corrected chi connectivity index (χ0v) is 16.2. The van der Waals surface area contributed by atoms with Gasteiger partial charge in [-0.05, 0) is 36.6 Å². The van der Waals surface area contributed by atoms with E-state index in [1.807, 2.05) is 30.5 Å². The summed E-state index contributed by atoms with van der Waals surface area (Å²) >= 11 is 7.71. The number of rotatable bonds is 6. The van der Waals surface area contributed by atoms with Gasteiger partial charge in [-0.1, -0.05) is 11.6 Å². The molecule has 0 bridgehead atoms. The number of thioether (sulfide) groups is 1. The first-order valence-electron chi connectivity index (χ1n) is 8.40. The minimum atomic E-state index is -0.302. The number of morpholine rings is 1. The molecule has 1 aromatic heterocycles. The number of hydrogen-bond acceptors (Lipinski definition) is 5. The van der Waals surface area contributed by atoms with Crippen molar-refractivity contribution in [2.75, 3.05) is 37.9 Å². The van der Waals surface area contributed by atoms with Crippen LogP contribution in [0.5, 0.6) is 0 Å². The normalized spacial score (nSPS) is 15.0. The van der Waals surface area contributed by atoms with Gasteiger partial charge in [0.15, 0.2) is 0 Å². The fourth-order valence-corrected chi connectivity index (χ4v) is 3.54. The van der Waals surface area contributed by atoms with Crippen molar-refractivity contribution < 1.29 is 13.9 Å². The summed E-state index contributed by atoms with van der Waals surface area (Å²) in [7, 11) is 0. The first-order chi connectivity index (χ1) is 12.6. The number of ether oxygens (including phenoxy) is 1. The molecule has 1 aliphatic heterocycles. The molecule has 26 heavy (non-hydrogen) atoms. The highest BCUT2D eigenvalue weighted by atomic mass is 35.5. The van der Waals surface area contributed by atoms with E-state index < -0.39 is 0 Å². The van der Waals surface area contributed by atoms with Crippen molar-refractivity contribution in [1.82, 2.24) is 10.2 Å². The van der Waals surface area contributed by atoms with Gasteiger partial charge in [-0.15, -0.1) is 11.8 Å². The maximum atomic E-state index is 12.0. The molecule has 0 saturated carbocycles. The molecule has 6 nitrogen and oxygen atoms in total. The number of nitrogens with zero attached hydrogens (tertiary/aromatic N) is 1. The quantitative estimate of drug-likeness (QED) is 0.728. The second kappa shape index (κ2) is 9.32. The molecule has 1 saturated heterocycles. The van der Waals surface area contributed by atoms with Crippen molar-refractivity contribution in [2.24, 2.45) is 0 Å². The van der Waals surface area contributed by atoms with Crippen LogP contribution in [0.1, 0.15) is 11.5 Å². The van der Waals surface area contributed by atoms with Gasteiger partial charge in [-0.25, -0.2) is 4.79 Å². The lowest BCUT2D eigenvalue weighted by Gasteiger charge is -2.25. The Kier molecular flexibility index (Phi) is 6.85. The van der Waals surface area contributed by atoms with E-state index in [9.17, 15) is 4.79 Å². The molecule has 2 N–H and O–H groups in total. The van der Waals surface area contributed by atoms with Crippen molar-refractivity contribution in [1.29, 1.82) is 0 Å². The summed E-state index contributed by atoms with van der Waals surface area (Å²) in [6.45, 7) is 4.43. The van der Waals surface area contributed by atoms with Gasteiger partial charge < -0.3 is 19.8 Å². The van der Waals surface area contributed by atoms with Crippen LogP contribution in [0.25, 0.3) is 0 Å². The van der Waals surface area contributed by atoms with Crippen LogP contribution in [0.4, 0.5) is 10.5 Å². The smallest absolute Gasteiger partial charge is 0.319 e. The van der Waals surface area contributed by atoms with E-state index in [0.29, 0.717) is 17.3 Å². The molecule has 0 unspecified atom stereocenters. The van der Waals surface area contributed by atoms with E-state index in [0.717, 1.165) is 49.3 Å². The first kappa shape index (κ1) is 19.1. The molecule has 1 aromatic carbocycles. The lowest BCUT2D eigenvalue weighted by molar-refractivity contribution is 0.0312. The van der Waals surface area contributed by atoms with Gasteiger partial charge >= 0.3 is 6.03 Å². The highest BCUT2D eigenvalue weighted by molar-refractivity contribution is 7.98. The Hall–Kier alpha value is -1.67. The average Bonchev–Trinajstić information content (AvgIpc) is 3.08. The third-order valence-corrected chi connectivity index (χ3v) is 5.25. The number of hydrogen-bond donors (Lipinski definition) is 2. The van der Waals surface area contributed by atoms with Gasteiger partial charge in [0.25, 0.3) is 0 Å². The lowest BCUT2D eigenvalue weighted by Crippen LogP contribution is -2.35. The number of halogens is 1. The highest BCUT2D eigenvalue weighted by Gasteiger charge is 2.13. The van der Waals surface area contributed by atoms with Crippen LogP contribution in [0.3, 0.4) is 0 Å². The topological polar surface area (TPSA) is 66.7 Å². The molecule has 3 rings (SSSR count). The van der Waals surface area contributed by atoms with E-state index in [4.69, 9.17) is 20.8 Å². The molecule has 2 heterocycles. The summed E-state index contributed by atoms with van der Waals surface area (Å²) in [4.78, 5) is 15.3. The van der Waals surface area contributed by atoms with Crippen LogP contribution in [0.15, 0.2) is 39.6 Å². The molecular weight excluding hydrogens is 374 g/mol. The second-order valence-corrected chi connectivity index (χ2v) is 7.17. The van der Waals surface area contributed by atoms with Crippen molar-refractivity contribution in [3.05, 3.63) is 46.9 Å². The monoisotopic (exact) mass is 395 g/mol. The molecule has 1 aliphatic rings. The number of nitrogens with one attached hydrogen (secondary N) is 2. The number of anilines is 1. The van der Waals surface area contributed by atoms with Crippen LogP contribution in [-0.4, -0.2) is 43.5 Å². The number of furan rings is 1. The number of carbonyl (C=O) groups excluding carboxylic acids is 1. The fraction of sp³-hybridized carbons (Fsp3) is 0.389. The molecule has 0 radical (unpaired) electrons. The van der Waals surface area contributed by atoms with Gasteiger partial charge in [-0.3, -0.25) is 4.90 Å². The Morgan fingerprint density at radius 2 is 2.00 bits per heavy atom. The third-order valence-electron chi connectivity index (χ3n) is 4.03. The standard InChI is InChI=1S/C18H22ClN3O3S/c1-26-17-5-2-13(10-16(17)19)21-18(23)20-11-14-3-4-15(25-14)12-22-6-8-24-9-7-22/h2-5,10H,6-9,11-12H2,1H3,(H2,20,21,23). The minimum absolute atomic E-state index is 0.302. The Bertz CT molecular complexity index is 747. The molecule has 2 amide bonds. The lowest BCUT2D eigenvalue weighted by atomic mass is 10.3. The zero-order valence-electron chi connectivity index (χ0n) is 14.6. The summed E-state index contributed by atoms with van der Waals surface area (Å²) in [6, 6.07) is 8.98. The highest BCUT2D eigenvalue weighted by Crippen LogP contribution is 2.27. The molecular formula is C18H22ClN3O3S. The summed E-state index contributed by atoms with van der Waals surface area (Å²) in [5.74, 6) is 1.61. The van der Waals surface area contributed by atoms with Crippen LogP contribution in [0, 0.1) is 0 Å². The Morgan fingerprint density at radius 3 is 2.73 bits per heavy atom. The average molecular weight is 396 g/mol. The van der Waals surface area contributed by atoms with Crippen LogP contribution in [0.2, 0.25) is 5.02 Å². The summed E-state index contributed by atoms with van der Waals surface area (Å²) in [6.07, 6.45) is 1.96. The maximum absolute atomic E-state index is 12.0. The van der Waals surface area contributed by atoms with Crippen molar-refractivity contribution in [3.8, 4) is 0 Å². The molecule has 0 atom stereocenters. The van der Waals surface area contributed by atoms with E-state index in [2.05, 4.69) is 15.5 Å². The maximum Gasteiger partial charge on any atom is 0.319 e. The van der Waals surface area contributed by atoms with Crippen LogP contribution < -0.4 is 10.6 Å². The van der Waals surface area contributed by atoms with Crippen LogP contribution in [-0.2, 0) is 17.8 Å². The van der Waals surface area contributed by atoms with E-state index in [1.165, 1.54) is 0 Å². The van der Waals surface area contributed by atoms with Crippen molar-refractivity contribution in [3.63, 3.8) is 0 Å². The Labute approximate surface area is 162 Å². The van der Waals surface area contributed by atoms with Crippen LogP contribution >= 0.6 is 23.4 Å². The van der Waals surface area contributed by atoms with Gasteiger partial charge in [0.1, 0.15) is 11.5 Å². The largest absolute Gasteiger partial charge is 0.463 e. The van der Waals surface area contributed by atoms with Crippen molar-refractivity contribution >= 4 is 35.1 Å². The predicted molar refractivity (Wildman–Crippen MR) is 104 cm³/mol. The van der Waals surface area contributed by atoms with Gasteiger partial charge in [-0.2, -0.15) is 0 Å². The summed E-state index contributed by atoms with van der Waals surface area (Å²) in [5, 5.41) is 6.18. The number of amides is 2. The summed E-state index contributed by atoms with van der Waals surface area (Å²) < 4.78 is 11.1. The van der Waals surface area contributed by atoms with E-state index >= 15 is 0 Å². The molecule has 0 aliphatic carbocycles. The zero-order chi connectivity index (χ0) is 18.4. The minimum Gasteiger partial charge on any atom is -0.463 e. The SMILES string of the molecule is CSc1ccc(NC(=O)NCc2ccc(CN3CCOCC3)o2)cc1Cl. The molecule has 2 aromatic rings. The first-order valence-corrected chi connectivity index (χ1v) is 10.0. The fourth-order valence-electron chi connectivity index (χ4n) is 2.67. The summed E-state index contributed by atoms with van der Waals surface area (Å²) in [5.41, 5.74) is 0.651. The second-order valence-electron chi connectivity index (χ2n) is 5.91. The Morgan fingerprint density at radius 1 is 1.23 bits per heavy atom. The molecule has 8 heteroatoms. The van der Waals surface area contributed by atoms with Crippen molar-refractivity contribution in [2.45, 2.75) is 18.0 Å². The van der Waals surface area contributed by atoms with E-state index in [1.54, 1.807) is 17.8 Å². The van der Waals surface area contributed by atoms with E-state index in [-0.39, 0.29) is 6.03 Å². The number of urea groups is 1.